The van der Waals surface area contributed by atoms with Crippen molar-refractivity contribution < 1.29 is 80.2 Å². The van der Waals surface area contributed by atoms with Crippen molar-refractivity contribution in [2.45, 2.75) is 401 Å². The fourth-order valence-corrected chi connectivity index (χ4v) is 13.1. The van der Waals surface area contributed by atoms with E-state index in [1.165, 1.54) is 173 Å². The fraction of sp³-hybridized carbons (Fsp3) is 0.947. The van der Waals surface area contributed by atoms with Gasteiger partial charge in [0.1, 0.15) is 19.3 Å². The molecule has 4 unspecified atom stereocenters. The molecule has 0 aromatic heterocycles. The summed E-state index contributed by atoms with van der Waals surface area (Å²) in [7, 11) is -9.91. The van der Waals surface area contributed by atoms with Crippen LogP contribution in [-0.4, -0.2) is 96.7 Å². The number of hydrogen-bond acceptors (Lipinski definition) is 15. The van der Waals surface area contributed by atoms with E-state index in [1.54, 1.807) is 0 Å². The first-order valence-electron chi connectivity index (χ1n) is 39.2. The Morgan fingerprint density at radius 3 is 0.747 bits per heavy atom. The van der Waals surface area contributed by atoms with Gasteiger partial charge in [0.15, 0.2) is 12.2 Å². The lowest BCUT2D eigenvalue weighted by molar-refractivity contribution is -0.161. The van der Waals surface area contributed by atoms with Crippen LogP contribution in [0.15, 0.2) is 0 Å². The smallest absolute Gasteiger partial charge is 0.462 e. The zero-order valence-corrected chi connectivity index (χ0v) is 64.1. The molecular formula is C76H148O17P2. The van der Waals surface area contributed by atoms with E-state index in [1.807, 2.05) is 0 Å². The molecule has 3 N–H and O–H groups in total. The highest BCUT2D eigenvalue weighted by Gasteiger charge is 2.30. The van der Waals surface area contributed by atoms with Crippen LogP contribution < -0.4 is 0 Å². The number of carbonyl (C=O) groups excluding carboxylic acids is 4. The molecule has 564 valence electrons. The number of unbranched alkanes of at least 4 members (excludes halogenated alkanes) is 38. The fourth-order valence-electron chi connectivity index (χ4n) is 11.5. The van der Waals surface area contributed by atoms with Gasteiger partial charge in [-0.1, -0.05) is 331 Å². The van der Waals surface area contributed by atoms with E-state index in [-0.39, 0.29) is 25.7 Å². The number of aliphatic hydroxyl groups is 1. The maximum absolute atomic E-state index is 13.1. The largest absolute Gasteiger partial charge is 0.472 e. The predicted octanol–water partition coefficient (Wildman–Crippen LogP) is 22.0. The van der Waals surface area contributed by atoms with Crippen LogP contribution in [0.3, 0.4) is 0 Å². The Labute approximate surface area is 581 Å². The van der Waals surface area contributed by atoms with E-state index < -0.39 is 97.5 Å². The van der Waals surface area contributed by atoms with Crippen LogP contribution in [0, 0.1) is 23.7 Å². The zero-order chi connectivity index (χ0) is 70.3. The summed E-state index contributed by atoms with van der Waals surface area (Å²) in [6.45, 7) is 14.2. The van der Waals surface area contributed by atoms with Crippen molar-refractivity contribution in [3.63, 3.8) is 0 Å². The summed E-state index contributed by atoms with van der Waals surface area (Å²) < 4.78 is 68.5. The molecule has 0 aliphatic rings. The van der Waals surface area contributed by atoms with Crippen LogP contribution in [0.4, 0.5) is 0 Å². The van der Waals surface area contributed by atoms with Gasteiger partial charge in [0.05, 0.1) is 26.4 Å². The maximum Gasteiger partial charge on any atom is 0.472 e. The molecule has 0 amide bonds. The highest BCUT2D eigenvalue weighted by Crippen LogP contribution is 2.45. The third-order valence-electron chi connectivity index (χ3n) is 17.9. The highest BCUT2D eigenvalue weighted by atomic mass is 31.2. The molecule has 6 atom stereocenters. The third kappa shape index (κ3) is 69.0. The standard InChI is InChI=1S/C76H148O17P2/c1-9-69(8)55-47-39-34-35-41-49-57-74(79)87-63-72(93-76(81)59-51-43-32-26-22-18-14-13-16-20-24-29-37-45-53-67(4)5)65-91-95(84,85)89-61-70(77)60-88-94(82,83)90-64-71(62-86-73(78)56-48-40-33-27-30-38-46-54-68(6)7)92-75(80)58-50-42-31-25-21-17-12-10-11-15-19-23-28-36-44-52-66(2)3/h66-72,77H,9-65H2,1-8H3,(H,82,83)(H,84,85)/t69?,70?,71-,72-/m1/s1. The normalized spacial score (nSPS) is 14.4. The Bertz CT molecular complexity index is 1870. The van der Waals surface area contributed by atoms with E-state index in [2.05, 4.69) is 55.4 Å². The summed E-state index contributed by atoms with van der Waals surface area (Å²) in [5.74, 6) is 0.911. The summed E-state index contributed by atoms with van der Waals surface area (Å²) in [4.78, 5) is 72.8. The minimum Gasteiger partial charge on any atom is -0.462 e. The summed E-state index contributed by atoms with van der Waals surface area (Å²) in [5.41, 5.74) is 0. The second kappa shape index (κ2) is 65.4. The maximum atomic E-state index is 13.1. The Morgan fingerprint density at radius 1 is 0.295 bits per heavy atom. The molecule has 0 aromatic carbocycles. The van der Waals surface area contributed by atoms with Gasteiger partial charge >= 0.3 is 39.5 Å². The highest BCUT2D eigenvalue weighted by molar-refractivity contribution is 7.47. The van der Waals surface area contributed by atoms with E-state index >= 15 is 0 Å². The average Bonchev–Trinajstić information content (AvgIpc) is 1.92. The zero-order valence-electron chi connectivity index (χ0n) is 62.3. The summed E-state index contributed by atoms with van der Waals surface area (Å²) >= 11 is 0. The van der Waals surface area contributed by atoms with Gasteiger partial charge in [-0.2, -0.15) is 0 Å². The number of phosphoric ester groups is 2. The Morgan fingerprint density at radius 2 is 0.505 bits per heavy atom. The molecule has 0 aromatic rings. The number of esters is 4. The third-order valence-corrected chi connectivity index (χ3v) is 19.8. The lowest BCUT2D eigenvalue weighted by Crippen LogP contribution is -2.30. The quantitative estimate of drug-likeness (QED) is 0.0222. The monoisotopic (exact) mass is 1400 g/mol. The number of aliphatic hydroxyl groups excluding tert-OH is 1. The average molecular weight is 1400 g/mol. The van der Waals surface area contributed by atoms with Crippen LogP contribution in [0.2, 0.25) is 0 Å². The molecule has 95 heavy (non-hydrogen) atoms. The van der Waals surface area contributed by atoms with Crippen molar-refractivity contribution in [2.24, 2.45) is 23.7 Å². The van der Waals surface area contributed by atoms with Crippen LogP contribution in [-0.2, 0) is 65.4 Å². The molecule has 0 spiro atoms. The van der Waals surface area contributed by atoms with E-state index in [0.717, 1.165) is 120 Å². The van der Waals surface area contributed by atoms with Crippen molar-refractivity contribution in [3.05, 3.63) is 0 Å². The molecule has 0 aliphatic carbocycles. The molecule has 0 radical (unpaired) electrons. The van der Waals surface area contributed by atoms with Gasteiger partial charge in [0.25, 0.3) is 0 Å². The topological polar surface area (TPSA) is 237 Å². The summed E-state index contributed by atoms with van der Waals surface area (Å²) in [6.07, 6.45) is 50.1. The van der Waals surface area contributed by atoms with Gasteiger partial charge in [0, 0.05) is 25.7 Å². The number of rotatable bonds is 73. The van der Waals surface area contributed by atoms with Crippen molar-refractivity contribution in [1.29, 1.82) is 0 Å². The number of ether oxygens (including phenoxy) is 4. The van der Waals surface area contributed by atoms with Crippen LogP contribution in [0.1, 0.15) is 383 Å². The Hall–Kier alpha value is -1.94. The summed E-state index contributed by atoms with van der Waals surface area (Å²) in [5, 5.41) is 10.6. The van der Waals surface area contributed by atoms with Crippen molar-refractivity contribution in [3.8, 4) is 0 Å². The van der Waals surface area contributed by atoms with Gasteiger partial charge in [-0.3, -0.25) is 37.3 Å². The molecule has 19 heteroatoms. The SMILES string of the molecule is CCC(C)CCCCCCCCC(=O)OC[C@H](COP(=O)(O)OCC(O)COP(=O)(O)OC[C@@H](COC(=O)CCCCCCCCCC(C)C)OC(=O)CCCCCCCCCCCCCCCCCC(C)C)OC(=O)CCCCCCCCCCCCCCCCC(C)C. The number of hydrogen-bond donors (Lipinski definition) is 3. The van der Waals surface area contributed by atoms with Crippen LogP contribution >= 0.6 is 15.6 Å². The van der Waals surface area contributed by atoms with Gasteiger partial charge in [0.2, 0.25) is 0 Å². The first-order valence-corrected chi connectivity index (χ1v) is 42.2. The first-order chi connectivity index (χ1) is 45.6. The van der Waals surface area contributed by atoms with E-state index in [9.17, 15) is 43.2 Å². The molecule has 0 heterocycles. The van der Waals surface area contributed by atoms with Crippen molar-refractivity contribution in [2.75, 3.05) is 39.6 Å². The predicted molar refractivity (Wildman–Crippen MR) is 386 cm³/mol. The summed E-state index contributed by atoms with van der Waals surface area (Å²) in [6, 6.07) is 0. The Balaban J connectivity index is 5.21. The molecule has 0 bridgehead atoms. The number of carbonyl (C=O) groups is 4. The van der Waals surface area contributed by atoms with Crippen molar-refractivity contribution >= 4 is 39.5 Å². The molecule has 0 rings (SSSR count). The second-order valence-corrected chi connectivity index (χ2v) is 32.0. The number of phosphoric acid groups is 2. The molecule has 0 saturated carbocycles. The lowest BCUT2D eigenvalue weighted by atomic mass is 10.00. The molecule has 17 nitrogen and oxygen atoms in total. The lowest BCUT2D eigenvalue weighted by Gasteiger charge is -2.21. The minimum atomic E-state index is -4.96. The van der Waals surface area contributed by atoms with E-state index in [0.29, 0.717) is 31.6 Å². The minimum absolute atomic E-state index is 0.106. The van der Waals surface area contributed by atoms with E-state index in [4.69, 9.17) is 37.0 Å². The van der Waals surface area contributed by atoms with Crippen molar-refractivity contribution in [1.82, 2.24) is 0 Å². The van der Waals surface area contributed by atoms with Gasteiger partial charge in [-0.25, -0.2) is 9.13 Å². The van der Waals surface area contributed by atoms with Gasteiger partial charge in [-0.05, 0) is 49.4 Å². The van der Waals surface area contributed by atoms with Gasteiger partial charge in [-0.15, -0.1) is 0 Å². The van der Waals surface area contributed by atoms with Crippen LogP contribution in [0.25, 0.3) is 0 Å². The molecule has 0 saturated heterocycles. The first kappa shape index (κ1) is 93.1. The molecule has 0 fully saturated rings. The molecular weight excluding hydrogens is 1250 g/mol. The van der Waals surface area contributed by atoms with Crippen LogP contribution in [0.5, 0.6) is 0 Å². The molecule has 0 aliphatic heterocycles. The van der Waals surface area contributed by atoms with Gasteiger partial charge < -0.3 is 33.8 Å². The Kier molecular flexibility index (Phi) is 64.0. The second-order valence-electron chi connectivity index (χ2n) is 29.1.